The van der Waals surface area contributed by atoms with Crippen molar-refractivity contribution >= 4 is 0 Å². The van der Waals surface area contributed by atoms with Gasteiger partial charge in [-0.1, -0.05) is 18.2 Å². The molecule has 2 aromatic rings. The molecule has 0 aliphatic carbocycles. The summed E-state index contributed by atoms with van der Waals surface area (Å²) in [6.45, 7) is 3.75. The van der Waals surface area contributed by atoms with E-state index in [1.807, 2.05) is 0 Å². The minimum absolute atomic E-state index is 0.163. The molecular weight excluding hydrogens is 295 g/mol. The van der Waals surface area contributed by atoms with E-state index in [2.05, 4.69) is 5.32 Å². The third-order valence-corrected chi connectivity index (χ3v) is 3.32. The summed E-state index contributed by atoms with van der Waals surface area (Å²) in [5.41, 5.74) is -1.41. The molecule has 1 heterocycles. The fraction of sp³-hybridized carbons (Fsp3) is 0.375. The Bertz CT molecular complexity index is 632. The second-order valence-corrected chi connectivity index (χ2v) is 5.49. The number of nitrogens with one attached hydrogen (secondary N) is 1. The maximum Gasteiger partial charge on any atom is 0.416 e. The van der Waals surface area contributed by atoms with Gasteiger partial charge in [-0.2, -0.15) is 13.2 Å². The number of benzene rings is 1. The van der Waals surface area contributed by atoms with Crippen molar-refractivity contribution in [1.29, 1.82) is 0 Å². The average Bonchev–Trinajstić information content (AvgIpc) is 2.85. The van der Waals surface area contributed by atoms with Gasteiger partial charge in [-0.15, -0.1) is 0 Å². The molecule has 0 radical (unpaired) electrons. The van der Waals surface area contributed by atoms with Gasteiger partial charge < -0.3 is 14.8 Å². The lowest BCUT2D eigenvalue weighted by Crippen LogP contribution is -2.34. The van der Waals surface area contributed by atoms with Crippen LogP contribution in [0.2, 0.25) is 0 Å². The lowest BCUT2D eigenvalue weighted by atomic mass is 10.0. The van der Waals surface area contributed by atoms with Crippen molar-refractivity contribution in [3.05, 3.63) is 59.0 Å². The van der Waals surface area contributed by atoms with Gasteiger partial charge in [-0.3, -0.25) is 0 Å². The highest BCUT2D eigenvalue weighted by atomic mass is 19.4. The SMILES string of the molecule is Cc1ccc(C(C)(O)CNCc2cccc(C(F)(F)F)c2)o1. The number of alkyl halides is 3. The Labute approximate surface area is 126 Å². The van der Waals surface area contributed by atoms with E-state index in [0.29, 0.717) is 17.1 Å². The van der Waals surface area contributed by atoms with Crippen LogP contribution in [0, 0.1) is 6.92 Å². The predicted molar refractivity (Wildman–Crippen MR) is 76.2 cm³/mol. The Balaban J connectivity index is 1.96. The lowest BCUT2D eigenvalue weighted by Gasteiger charge is -2.21. The molecule has 1 aromatic heterocycles. The van der Waals surface area contributed by atoms with Crippen molar-refractivity contribution < 1.29 is 22.7 Å². The van der Waals surface area contributed by atoms with E-state index in [4.69, 9.17) is 4.42 Å². The summed E-state index contributed by atoms with van der Waals surface area (Å²) in [5, 5.41) is 13.3. The van der Waals surface area contributed by atoms with Gasteiger partial charge in [0.15, 0.2) is 0 Å². The summed E-state index contributed by atoms with van der Waals surface area (Å²) in [6.07, 6.45) is -4.35. The number of rotatable bonds is 5. The molecule has 2 rings (SSSR count). The average molecular weight is 313 g/mol. The van der Waals surface area contributed by atoms with Crippen LogP contribution in [-0.2, 0) is 18.3 Å². The molecule has 1 unspecified atom stereocenters. The van der Waals surface area contributed by atoms with Crippen LogP contribution in [0.4, 0.5) is 13.2 Å². The van der Waals surface area contributed by atoms with Crippen LogP contribution in [0.3, 0.4) is 0 Å². The van der Waals surface area contributed by atoms with E-state index >= 15 is 0 Å². The van der Waals surface area contributed by atoms with Crippen LogP contribution in [0.5, 0.6) is 0 Å². The summed E-state index contributed by atoms with van der Waals surface area (Å²) >= 11 is 0. The maximum absolute atomic E-state index is 12.6. The summed E-state index contributed by atoms with van der Waals surface area (Å²) in [4.78, 5) is 0. The van der Waals surface area contributed by atoms with Crippen molar-refractivity contribution in [3.63, 3.8) is 0 Å². The quantitative estimate of drug-likeness (QED) is 0.886. The van der Waals surface area contributed by atoms with Crippen molar-refractivity contribution in [3.8, 4) is 0 Å². The smallest absolute Gasteiger partial charge is 0.416 e. The van der Waals surface area contributed by atoms with E-state index in [1.54, 1.807) is 32.0 Å². The first-order valence-corrected chi connectivity index (χ1v) is 6.85. The Morgan fingerprint density at radius 2 is 1.91 bits per heavy atom. The minimum Gasteiger partial charge on any atom is -0.463 e. The fourth-order valence-corrected chi connectivity index (χ4v) is 2.12. The molecule has 0 spiro atoms. The van der Waals surface area contributed by atoms with Crippen molar-refractivity contribution in [2.45, 2.75) is 32.2 Å². The van der Waals surface area contributed by atoms with Gasteiger partial charge in [0.25, 0.3) is 0 Å². The van der Waals surface area contributed by atoms with E-state index in [-0.39, 0.29) is 13.1 Å². The van der Waals surface area contributed by atoms with Gasteiger partial charge >= 0.3 is 6.18 Å². The van der Waals surface area contributed by atoms with Crippen LogP contribution in [0.1, 0.15) is 29.6 Å². The van der Waals surface area contributed by atoms with Crippen LogP contribution >= 0.6 is 0 Å². The summed E-state index contributed by atoms with van der Waals surface area (Å²) in [5.74, 6) is 1.11. The number of hydrogen-bond acceptors (Lipinski definition) is 3. The fourth-order valence-electron chi connectivity index (χ4n) is 2.12. The minimum atomic E-state index is -4.35. The molecule has 1 atom stereocenters. The van der Waals surface area contributed by atoms with Crippen LogP contribution < -0.4 is 5.32 Å². The summed E-state index contributed by atoms with van der Waals surface area (Å²) < 4.78 is 43.3. The van der Waals surface area contributed by atoms with Gasteiger partial charge in [-0.25, -0.2) is 0 Å². The second-order valence-electron chi connectivity index (χ2n) is 5.49. The molecule has 0 fully saturated rings. The number of furan rings is 1. The summed E-state index contributed by atoms with van der Waals surface area (Å²) in [7, 11) is 0. The zero-order valence-electron chi connectivity index (χ0n) is 12.4. The Morgan fingerprint density at radius 3 is 2.50 bits per heavy atom. The highest BCUT2D eigenvalue weighted by Crippen LogP contribution is 2.29. The van der Waals surface area contributed by atoms with Crippen LogP contribution in [0.25, 0.3) is 0 Å². The van der Waals surface area contributed by atoms with E-state index in [1.165, 1.54) is 6.07 Å². The van der Waals surface area contributed by atoms with Crippen LogP contribution in [-0.4, -0.2) is 11.7 Å². The standard InChI is InChI=1S/C16H18F3NO2/c1-11-6-7-14(22-11)15(2,21)10-20-9-12-4-3-5-13(8-12)16(17,18)19/h3-8,20-21H,9-10H2,1-2H3. The van der Waals surface area contributed by atoms with E-state index in [9.17, 15) is 18.3 Å². The number of aryl methyl sites for hydroxylation is 1. The van der Waals surface area contributed by atoms with Gasteiger partial charge in [0.2, 0.25) is 0 Å². The number of hydrogen-bond donors (Lipinski definition) is 2. The lowest BCUT2D eigenvalue weighted by molar-refractivity contribution is -0.137. The monoisotopic (exact) mass is 313 g/mol. The molecule has 3 nitrogen and oxygen atoms in total. The highest BCUT2D eigenvalue weighted by Gasteiger charge is 2.30. The second kappa shape index (κ2) is 6.14. The first-order valence-electron chi connectivity index (χ1n) is 6.85. The van der Waals surface area contributed by atoms with Gasteiger partial charge in [0.05, 0.1) is 5.56 Å². The molecule has 0 bridgehead atoms. The third kappa shape index (κ3) is 4.11. The molecule has 0 saturated heterocycles. The van der Waals surface area contributed by atoms with Crippen molar-refractivity contribution in [2.75, 3.05) is 6.54 Å². The van der Waals surface area contributed by atoms with Gasteiger partial charge in [-0.05, 0) is 37.6 Å². The molecule has 1 aromatic carbocycles. The molecule has 22 heavy (non-hydrogen) atoms. The van der Waals surface area contributed by atoms with Gasteiger partial charge in [0, 0.05) is 13.1 Å². The van der Waals surface area contributed by atoms with Crippen molar-refractivity contribution in [2.24, 2.45) is 0 Å². The first kappa shape index (κ1) is 16.6. The molecule has 2 N–H and O–H groups in total. The van der Waals surface area contributed by atoms with E-state index in [0.717, 1.165) is 12.1 Å². The maximum atomic E-state index is 12.6. The largest absolute Gasteiger partial charge is 0.463 e. The third-order valence-electron chi connectivity index (χ3n) is 3.32. The Hall–Kier alpha value is -1.79. The summed E-state index contributed by atoms with van der Waals surface area (Å²) in [6, 6.07) is 8.53. The molecule has 0 aliphatic rings. The van der Waals surface area contributed by atoms with Crippen molar-refractivity contribution in [1.82, 2.24) is 5.32 Å². The zero-order chi connectivity index (χ0) is 16.4. The van der Waals surface area contributed by atoms with Gasteiger partial charge in [0.1, 0.15) is 17.1 Å². The normalized spacial score (nSPS) is 14.8. The van der Waals surface area contributed by atoms with Crippen LogP contribution in [0.15, 0.2) is 40.8 Å². The number of aliphatic hydroxyl groups is 1. The first-order chi connectivity index (χ1) is 10.2. The molecular formula is C16H18F3NO2. The predicted octanol–water partition coefficient (Wildman–Crippen LogP) is 3.60. The molecule has 0 amide bonds. The molecule has 6 heteroatoms. The Morgan fingerprint density at radius 1 is 1.18 bits per heavy atom. The highest BCUT2D eigenvalue weighted by molar-refractivity contribution is 5.25. The topological polar surface area (TPSA) is 45.4 Å². The zero-order valence-corrected chi connectivity index (χ0v) is 12.4. The number of halogens is 3. The van der Waals surface area contributed by atoms with E-state index < -0.39 is 17.3 Å². The molecule has 120 valence electrons. The molecule has 0 aliphatic heterocycles. The Kier molecular flexibility index (Phi) is 4.63. The molecule has 0 saturated carbocycles.